The average Bonchev–Trinajstić information content (AvgIpc) is 2.85. The third kappa shape index (κ3) is 21.6. The van der Waals surface area contributed by atoms with Gasteiger partial charge in [-0.2, -0.15) is 0 Å². The molecule has 0 aromatic carbocycles. The third-order valence-corrected chi connectivity index (χ3v) is 6.67. The monoisotopic (exact) mass is 512 g/mol. The Balaban J connectivity index is 4.21. The zero-order chi connectivity index (χ0) is 26.9. The molecule has 0 spiro atoms. The molecule has 0 aliphatic heterocycles. The zero-order valence-electron chi connectivity index (χ0n) is 23.4. The SMILES string of the molecule is CCCCCCCCCCC(=O)OC(CCCCCC)CCCCCC(=O)NC(CCCN)C(=O)O. The number of nitrogens with one attached hydrogen (secondary N) is 1. The van der Waals surface area contributed by atoms with E-state index in [4.69, 9.17) is 10.5 Å². The minimum absolute atomic E-state index is 0.0371. The van der Waals surface area contributed by atoms with Crippen molar-refractivity contribution in [3.8, 4) is 0 Å². The molecule has 7 nitrogen and oxygen atoms in total. The van der Waals surface area contributed by atoms with Crippen LogP contribution in [0.2, 0.25) is 0 Å². The third-order valence-electron chi connectivity index (χ3n) is 6.67. The highest BCUT2D eigenvalue weighted by molar-refractivity contribution is 5.83. The molecule has 0 aromatic rings. The Morgan fingerprint density at radius 2 is 1.19 bits per heavy atom. The van der Waals surface area contributed by atoms with Crippen molar-refractivity contribution in [1.82, 2.24) is 5.32 Å². The maximum atomic E-state index is 12.4. The first-order chi connectivity index (χ1) is 17.4. The molecule has 0 aromatic heterocycles. The van der Waals surface area contributed by atoms with Gasteiger partial charge in [-0.15, -0.1) is 0 Å². The van der Waals surface area contributed by atoms with Gasteiger partial charge in [0.2, 0.25) is 5.91 Å². The van der Waals surface area contributed by atoms with Crippen LogP contribution in [-0.2, 0) is 19.1 Å². The van der Waals surface area contributed by atoms with Crippen molar-refractivity contribution in [2.45, 2.75) is 161 Å². The van der Waals surface area contributed by atoms with Crippen molar-refractivity contribution in [3.05, 3.63) is 0 Å². The summed E-state index contributed by atoms with van der Waals surface area (Å²) in [6, 6.07) is -0.867. The summed E-state index contributed by atoms with van der Waals surface area (Å²) in [4.78, 5) is 35.8. The second-order valence-corrected chi connectivity index (χ2v) is 10.2. The summed E-state index contributed by atoms with van der Waals surface area (Å²) in [7, 11) is 0. The minimum atomic E-state index is -1.02. The molecule has 0 radical (unpaired) electrons. The van der Waals surface area contributed by atoms with E-state index in [2.05, 4.69) is 19.2 Å². The van der Waals surface area contributed by atoms with E-state index in [0.29, 0.717) is 38.6 Å². The number of hydrogen-bond acceptors (Lipinski definition) is 5. The van der Waals surface area contributed by atoms with Crippen LogP contribution in [0.5, 0.6) is 0 Å². The van der Waals surface area contributed by atoms with Gasteiger partial charge in [0.05, 0.1) is 0 Å². The van der Waals surface area contributed by atoms with Crippen LogP contribution in [0.4, 0.5) is 0 Å². The lowest BCUT2D eigenvalue weighted by atomic mass is 10.0. The number of esters is 1. The number of nitrogens with two attached hydrogens (primary N) is 1. The predicted molar refractivity (Wildman–Crippen MR) is 147 cm³/mol. The molecule has 4 N–H and O–H groups in total. The van der Waals surface area contributed by atoms with Gasteiger partial charge in [0.1, 0.15) is 12.1 Å². The number of aliphatic carboxylic acids is 1. The lowest BCUT2D eigenvalue weighted by Gasteiger charge is -2.18. The van der Waals surface area contributed by atoms with E-state index in [-0.39, 0.29) is 18.0 Å². The first kappa shape index (κ1) is 34.4. The maximum Gasteiger partial charge on any atom is 0.326 e. The lowest BCUT2D eigenvalue weighted by molar-refractivity contribution is -0.150. The fourth-order valence-corrected chi connectivity index (χ4v) is 4.39. The first-order valence-electron chi connectivity index (χ1n) is 14.9. The fourth-order valence-electron chi connectivity index (χ4n) is 4.39. The van der Waals surface area contributed by atoms with E-state index in [9.17, 15) is 19.5 Å². The molecular weight excluding hydrogens is 456 g/mol. The van der Waals surface area contributed by atoms with Gasteiger partial charge in [0, 0.05) is 12.8 Å². The predicted octanol–water partition coefficient (Wildman–Crippen LogP) is 6.66. The van der Waals surface area contributed by atoms with E-state index in [0.717, 1.165) is 51.4 Å². The van der Waals surface area contributed by atoms with Crippen molar-refractivity contribution in [3.63, 3.8) is 0 Å². The number of ether oxygens (including phenoxy) is 1. The van der Waals surface area contributed by atoms with Gasteiger partial charge in [-0.3, -0.25) is 9.59 Å². The fraction of sp³-hybridized carbons (Fsp3) is 0.897. The second kappa shape index (κ2) is 25.0. The molecule has 0 aliphatic rings. The van der Waals surface area contributed by atoms with Crippen LogP contribution in [0.15, 0.2) is 0 Å². The lowest BCUT2D eigenvalue weighted by Crippen LogP contribution is -2.40. The first-order valence-corrected chi connectivity index (χ1v) is 14.9. The highest BCUT2D eigenvalue weighted by Crippen LogP contribution is 2.17. The summed E-state index contributed by atoms with van der Waals surface area (Å²) in [5, 5.41) is 11.8. The van der Waals surface area contributed by atoms with Crippen LogP contribution in [0, 0.1) is 0 Å². The second-order valence-electron chi connectivity index (χ2n) is 10.2. The largest absolute Gasteiger partial charge is 0.480 e. The van der Waals surface area contributed by atoms with Crippen molar-refractivity contribution in [2.75, 3.05) is 6.54 Å². The van der Waals surface area contributed by atoms with Crippen LogP contribution < -0.4 is 11.1 Å². The number of carboxylic acid groups (broad SMARTS) is 1. The molecule has 7 heteroatoms. The summed E-state index contributed by atoms with van der Waals surface area (Å²) in [5.74, 6) is -1.32. The van der Waals surface area contributed by atoms with Crippen molar-refractivity contribution in [1.29, 1.82) is 0 Å². The molecule has 0 aliphatic carbocycles. The number of unbranched alkanes of at least 4 members (excludes halogenated alkanes) is 12. The molecule has 2 atom stereocenters. The Labute approximate surface area is 220 Å². The molecule has 0 rings (SSSR count). The number of carboxylic acids is 1. The highest BCUT2D eigenvalue weighted by Gasteiger charge is 2.19. The van der Waals surface area contributed by atoms with Gasteiger partial charge in [-0.25, -0.2) is 4.79 Å². The maximum absolute atomic E-state index is 12.4. The molecule has 2 unspecified atom stereocenters. The number of rotatable bonds is 26. The van der Waals surface area contributed by atoms with Gasteiger partial charge in [0.15, 0.2) is 0 Å². The molecule has 0 saturated carbocycles. The van der Waals surface area contributed by atoms with Crippen LogP contribution in [0.25, 0.3) is 0 Å². The number of carbonyl (C=O) groups excluding carboxylic acids is 2. The summed E-state index contributed by atoms with van der Waals surface area (Å²) >= 11 is 0. The normalized spacial score (nSPS) is 12.8. The topological polar surface area (TPSA) is 119 Å². The smallest absolute Gasteiger partial charge is 0.326 e. The van der Waals surface area contributed by atoms with Gasteiger partial charge in [0.25, 0.3) is 0 Å². The van der Waals surface area contributed by atoms with E-state index in [1.165, 1.54) is 51.4 Å². The number of hydrogen-bond donors (Lipinski definition) is 3. The molecular formula is C29H56N2O5. The summed E-state index contributed by atoms with van der Waals surface area (Å²) in [6.45, 7) is 4.82. The van der Waals surface area contributed by atoms with Gasteiger partial charge >= 0.3 is 11.9 Å². The molecule has 0 saturated heterocycles. The zero-order valence-corrected chi connectivity index (χ0v) is 23.4. The van der Waals surface area contributed by atoms with Crippen molar-refractivity contribution >= 4 is 17.8 Å². The number of amides is 1. The molecule has 0 heterocycles. The van der Waals surface area contributed by atoms with Crippen LogP contribution in [-0.4, -0.2) is 41.6 Å². The Morgan fingerprint density at radius 3 is 1.75 bits per heavy atom. The Morgan fingerprint density at radius 1 is 0.694 bits per heavy atom. The molecule has 212 valence electrons. The van der Waals surface area contributed by atoms with Gasteiger partial charge in [-0.05, 0) is 57.9 Å². The van der Waals surface area contributed by atoms with Crippen LogP contribution in [0.1, 0.15) is 149 Å². The van der Waals surface area contributed by atoms with Gasteiger partial charge in [-0.1, -0.05) is 84.5 Å². The van der Waals surface area contributed by atoms with Crippen LogP contribution >= 0.6 is 0 Å². The summed E-state index contributed by atoms with van der Waals surface area (Å²) < 4.78 is 5.84. The number of carbonyl (C=O) groups is 3. The Bertz CT molecular complexity index is 556. The van der Waals surface area contributed by atoms with Crippen molar-refractivity contribution in [2.24, 2.45) is 5.73 Å². The Kier molecular flexibility index (Phi) is 23.9. The summed E-state index contributed by atoms with van der Waals surface area (Å²) in [5.41, 5.74) is 5.44. The molecule has 0 fully saturated rings. The van der Waals surface area contributed by atoms with E-state index in [1.54, 1.807) is 0 Å². The minimum Gasteiger partial charge on any atom is -0.480 e. The van der Waals surface area contributed by atoms with E-state index in [1.807, 2.05) is 0 Å². The quantitative estimate of drug-likeness (QED) is 0.0881. The van der Waals surface area contributed by atoms with Crippen LogP contribution in [0.3, 0.4) is 0 Å². The van der Waals surface area contributed by atoms with Crippen molar-refractivity contribution < 1.29 is 24.2 Å². The Hall–Kier alpha value is -1.63. The molecule has 36 heavy (non-hydrogen) atoms. The standard InChI is InChI=1S/C29H56N2O5/c1-3-5-7-9-10-11-12-17-23-28(33)36-25(19-14-8-6-4-2)20-15-13-16-22-27(32)31-26(29(34)35)21-18-24-30/h25-26H,3-24,30H2,1-2H3,(H,31,32)(H,34,35). The summed E-state index contributed by atoms with van der Waals surface area (Å²) in [6.07, 6.45) is 20.2. The van der Waals surface area contributed by atoms with Gasteiger partial charge < -0.3 is 20.9 Å². The highest BCUT2D eigenvalue weighted by atomic mass is 16.5. The molecule has 0 bridgehead atoms. The molecule has 1 amide bonds. The average molecular weight is 513 g/mol. The van der Waals surface area contributed by atoms with E-state index >= 15 is 0 Å². The van der Waals surface area contributed by atoms with E-state index < -0.39 is 12.0 Å².